The van der Waals surface area contributed by atoms with E-state index in [1.54, 1.807) is 12.4 Å². The molecule has 1 aromatic heterocycles. The van der Waals surface area contributed by atoms with Crippen molar-refractivity contribution in [3.8, 4) is 0 Å². The Morgan fingerprint density at radius 3 is 3.08 bits per heavy atom. The van der Waals surface area contributed by atoms with E-state index in [4.69, 9.17) is 0 Å². The molecule has 0 aliphatic heterocycles. The lowest BCUT2D eigenvalue weighted by molar-refractivity contribution is -0.119. The van der Waals surface area contributed by atoms with Crippen molar-refractivity contribution in [2.75, 3.05) is 0 Å². The molecule has 0 atom stereocenters. The predicted molar refractivity (Wildman–Crippen MR) is 49.5 cm³/mol. The smallest absolute Gasteiger partial charge is 0.217 e. The third-order valence-corrected chi connectivity index (χ3v) is 2.10. The molecule has 0 bridgehead atoms. The monoisotopic (exact) mass is 228 g/mol. The first-order valence-electron chi connectivity index (χ1n) is 3.53. The van der Waals surface area contributed by atoms with Crippen molar-refractivity contribution >= 4 is 21.8 Å². The van der Waals surface area contributed by atoms with E-state index in [0.29, 0.717) is 6.54 Å². The summed E-state index contributed by atoms with van der Waals surface area (Å²) in [5, 5.41) is 2.71. The molecule has 4 heteroatoms. The summed E-state index contributed by atoms with van der Waals surface area (Å²) in [6, 6.07) is 1.86. The summed E-state index contributed by atoms with van der Waals surface area (Å²) < 4.78 is 0.916. The van der Waals surface area contributed by atoms with Gasteiger partial charge in [-0.1, -0.05) is 0 Å². The van der Waals surface area contributed by atoms with Crippen molar-refractivity contribution < 1.29 is 4.79 Å². The van der Waals surface area contributed by atoms with Gasteiger partial charge in [0, 0.05) is 30.3 Å². The van der Waals surface area contributed by atoms with Crippen LogP contribution in [0.15, 0.2) is 22.9 Å². The van der Waals surface area contributed by atoms with Gasteiger partial charge in [-0.2, -0.15) is 0 Å². The zero-order chi connectivity index (χ0) is 8.97. The normalized spacial score (nSPS) is 9.50. The Morgan fingerprint density at radius 2 is 2.50 bits per heavy atom. The van der Waals surface area contributed by atoms with Crippen LogP contribution in [0, 0.1) is 0 Å². The van der Waals surface area contributed by atoms with Crippen LogP contribution in [0.5, 0.6) is 0 Å². The molecule has 1 N–H and O–H groups in total. The van der Waals surface area contributed by atoms with Gasteiger partial charge in [0.1, 0.15) is 0 Å². The third-order valence-electron chi connectivity index (χ3n) is 1.38. The van der Waals surface area contributed by atoms with E-state index in [1.165, 1.54) is 6.92 Å². The Bertz CT molecular complexity index is 288. The number of halogens is 1. The summed E-state index contributed by atoms with van der Waals surface area (Å²) in [6.45, 7) is 2.04. The number of pyridine rings is 1. The molecule has 1 aromatic rings. The number of carbonyl (C=O) groups excluding carboxylic acids is 1. The van der Waals surface area contributed by atoms with Gasteiger partial charge < -0.3 is 5.32 Å². The average Bonchev–Trinajstić information content (AvgIpc) is 2.03. The lowest BCUT2D eigenvalue weighted by Crippen LogP contribution is -2.19. The van der Waals surface area contributed by atoms with Gasteiger partial charge in [-0.15, -0.1) is 0 Å². The molecule has 3 nitrogen and oxygen atoms in total. The molecule has 0 saturated heterocycles. The van der Waals surface area contributed by atoms with Gasteiger partial charge in [0.25, 0.3) is 0 Å². The Labute approximate surface area is 79.3 Å². The Morgan fingerprint density at radius 1 is 1.75 bits per heavy atom. The molecule has 0 fully saturated rings. The highest BCUT2D eigenvalue weighted by atomic mass is 79.9. The predicted octanol–water partition coefficient (Wildman–Crippen LogP) is 1.48. The molecule has 12 heavy (non-hydrogen) atoms. The molecule has 1 rings (SSSR count). The summed E-state index contributed by atoms with van der Waals surface area (Å²) in [5.74, 6) is -0.0290. The Hall–Kier alpha value is -0.900. The standard InChI is InChI=1S/C8H9BrN2O/c1-6(12)11-4-7-2-3-10-5-8(7)9/h2-3,5H,4H2,1H3,(H,11,12). The molecule has 0 aliphatic carbocycles. The Kier molecular flexibility index (Phi) is 3.22. The minimum absolute atomic E-state index is 0.0290. The van der Waals surface area contributed by atoms with Crippen LogP contribution in [0.4, 0.5) is 0 Å². The zero-order valence-electron chi connectivity index (χ0n) is 6.67. The molecule has 64 valence electrons. The second-order valence-corrected chi connectivity index (χ2v) is 3.23. The van der Waals surface area contributed by atoms with Gasteiger partial charge in [0.15, 0.2) is 0 Å². The molecule has 0 radical (unpaired) electrons. The molecular weight excluding hydrogens is 220 g/mol. The largest absolute Gasteiger partial charge is 0.352 e. The van der Waals surface area contributed by atoms with Crippen molar-refractivity contribution in [3.05, 3.63) is 28.5 Å². The topological polar surface area (TPSA) is 42.0 Å². The van der Waals surface area contributed by atoms with Crippen molar-refractivity contribution in [3.63, 3.8) is 0 Å². The van der Waals surface area contributed by atoms with Crippen LogP contribution in [0.3, 0.4) is 0 Å². The molecule has 0 aromatic carbocycles. The number of carbonyl (C=O) groups is 1. The van der Waals surface area contributed by atoms with Crippen LogP contribution in [0.25, 0.3) is 0 Å². The van der Waals surface area contributed by atoms with Crippen LogP contribution < -0.4 is 5.32 Å². The first-order valence-corrected chi connectivity index (χ1v) is 4.32. The number of hydrogen-bond donors (Lipinski definition) is 1. The van der Waals surface area contributed by atoms with Gasteiger partial charge >= 0.3 is 0 Å². The van der Waals surface area contributed by atoms with E-state index < -0.39 is 0 Å². The molecule has 1 heterocycles. The lowest BCUT2D eigenvalue weighted by atomic mass is 10.3. The molecule has 0 aliphatic rings. The third kappa shape index (κ3) is 2.62. The zero-order valence-corrected chi connectivity index (χ0v) is 8.26. The SMILES string of the molecule is CC(=O)NCc1ccncc1Br. The van der Waals surface area contributed by atoms with Gasteiger partial charge in [0.05, 0.1) is 0 Å². The van der Waals surface area contributed by atoms with Gasteiger partial charge in [-0.25, -0.2) is 0 Å². The summed E-state index contributed by atoms with van der Waals surface area (Å²) in [4.78, 5) is 14.5. The molecule has 0 saturated carbocycles. The number of nitrogens with one attached hydrogen (secondary N) is 1. The van der Waals surface area contributed by atoms with Crippen molar-refractivity contribution in [1.29, 1.82) is 0 Å². The van der Waals surface area contributed by atoms with Crippen molar-refractivity contribution in [2.45, 2.75) is 13.5 Å². The minimum Gasteiger partial charge on any atom is -0.352 e. The summed E-state index contributed by atoms with van der Waals surface area (Å²) in [7, 11) is 0. The van der Waals surface area contributed by atoms with Gasteiger partial charge in [-0.05, 0) is 27.6 Å². The highest BCUT2D eigenvalue weighted by Gasteiger charge is 1.98. The highest BCUT2D eigenvalue weighted by molar-refractivity contribution is 9.10. The van der Waals surface area contributed by atoms with E-state index in [2.05, 4.69) is 26.2 Å². The van der Waals surface area contributed by atoms with Crippen LogP contribution in [-0.4, -0.2) is 10.9 Å². The van der Waals surface area contributed by atoms with E-state index in [9.17, 15) is 4.79 Å². The van der Waals surface area contributed by atoms with Crippen LogP contribution in [-0.2, 0) is 11.3 Å². The van der Waals surface area contributed by atoms with Crippen LogP contribution in [0.2, 0.25) is 0 Å². The Balaban J connectivity index is 2.63. The van der Waals surface area contributed by atoms with Crippen LogP contribution in [0.1, 0.15) is 12.5 Å². The van der Waals surface area contributed by atoms with Gasteiger partial charge in [0.2, 0.25) is 5.91 Å². The summed E-state index contributed by atoms with van der Waals surface area (Å²) in [6.07, 6.45) is 3.40. The maximum Gasteiger partial charge on any atom is 0.217 e. The first-order chi connectivity index (χ1) is 5.70. The highest BCUT2D eigenvalue weighted by Crippen LogP contribution is 2.13. The number of amides is 1. The van der Waals surface area contributed by atoms with E-state index in [1.807, 2.05) is 6.07 Å². The second-order valence-electron chi connectivity index (χ2n) is 2.38. The van der Waals surface area contributed by atoms with Crippen LogP contribution >= 0.6 is 15.9 Å². The van der Waals surface area contributed by atoms with Crippen molar-refractivity contribution in [2.24, 2.45) is 0 Å². The number of aromatic nitrogens is 1. The number of hydrogen-bond acceptors (Lipinski definition) is 2. The molecular formula is C8H9BrN2O. The lowest BCUT2D eigenvalue weighted by Gasteiger charge is -2.03. The number of rotatable bonds is 2. The molecule has 0 spiro atoms. The van der Waals surface area contributed by atoms with E-state index >= 15 is 0 Å². The molecule has 0 unspecified atom stereocenters. The first kappa shape index (κ1) is 9.19. The second kappa shape index (κ2) is 4.21. The van der Waals surface area contributed by atoms with Crippen molar-refractivity contribution in [1.82, 2.24) is 10.3 Å². The van der Waals surface area contributed by atoms with Gasteiger partial charge in [-0.3, -0.25) is 9.78 Å². The maximum atomic E-state index is 10.6. The summed E-state index contributed by atoms with van der Waals surface area (Å²) >= 11 is 3.33. The number of nitrogens with zero attached hydrogens (tertiary/aromatic N) is 1. The fraction of sp³-hybridized carbons (Fsp3) is 0.250. The average molecular weight is 229 g/mol. The molecule has 1 amide bonds. The maximum absolute atomic E-state index is 10.6. The summed E-state index contributed by atoms with van der Waals surface area (Å²) in [5.41, 5.74) is 1.03. The fourth-order valence-electron chi connectivity index (χ4n) is 0.767. The minimum atomic E-state index is -0.0290. The fourth-order valence-corrected chi connectivity index (χ4v) is 1.16. The quantitative estimate of drug-likeness (QED) is 0.834. The van der Waals surface area contributed by atoms with E-state index in [0.717, 1.165) is 10.0 Å². The van der Waals surface area contributed by atoms with E-state index in [-0.39, 0.29) is 5.91 Å².